The van der Waals surface area contributed by atoms with Crippen LogP contribution in [-0.2, 0) is 27.9 Å². The number of phosphoric ester groups is 1. The molecule has 308 valence electrons. The van der Waals surface area contributed by atoms with E-state index in [2.05, 4.69) is 26.0 Å². The Balaban J connectivity index is 2.46. The van der Waals surface area contributed by atoms with Gasteiger partial charge in [-0.15, -0.1) is 0 Å². The summed E-state index contributed by atoms with van der Waals surface area (Å²) in [6.07, 6.45) is 32.1. The Labute approximate surface area is 320 Å². The van der Waals surface area contributed by atoms with E-state index >= 15 is 0 Å². The van der Waals surface area contributed by atoms with Crippen LogP contribution in [0.4, 0.5) is 0 Å². The molecule has 0 amide bonds. The van der Waals surface area contributed by atoms with Gasteiger partial charge in [0.2, 0.25) is 0 Å². The second kappa shape index (κ2) is 32.4. The molecule has 1 fully saturated rings. The van der Waals surface area contributed by atoms with Crippen molar-refractivity contribution in [1.29, 1.82) is 0 Å². The van der Waals surface area contributed by atoms with Gasteiger partial charge in [-0.3, -0.25) is 13.8 Å². The quantitative estimate of drug-likeness (QED) is 0.0140. The van der Waals surface area contributed by atoms with E-state index in [-0.39, 0.29) is 51.0 Å². The standard InChI is InChI=1S/C41H74NO10P/c1-3-5-7-8-9-10-11-12-13-14-15-16-17-18-19-23-30-49-36(34-52-53(47,48)51-31-29-42)33-50-41(46)26-22-21-25-37-38(40(45)32-39(37)44)28-27-35(43)24-20-6-4-2/h12-13,21-23,27-28,30,35-40,43-45H,3-11,14-20,24-26,29,31-34,42H2,1-2H3,(H,47,48)/b13-12-,22-21-,28-27+,30-23-/t35-,36-,37+,38-,39+,40-/m1/s1. The third kappa shape index (κ3) is 26.6. The molecule has 0 bridgehead atoms. The number of aliphatic hydroxyl groups excluding tert-OH is 3. The van der Waals surface area contributed by atoms with Gasteiger partial charge in [-0.1, -0.05) is 115 Å². The van der Waals surface area contributed by atoms with E-state index < -0.39 is 38.2 Å². The molecule has 0 heterocycles. The highest BCUT2D eigenvalue weighted by atomic mass is 31.2. The summed E-state index contributed by atoms with van der Waals surface area (Å²) in [4.78, 5) is 22.4. The summed E-state index contributed by atoms with van der Waals surface area (Å²) in [7, 11) is -4.35. The van der Waals surface area contributed by atoms with Gasteiger partial charge in [0, 0.05) is 18.9 Å². The number of nitrogens with two attached hydrogens (primary N) is 1. The fourth-order valence-electron chi connectivity index (χ4n) is 6.24. The van der Waals surface area contributed by atoms with Crippen LogP contribution in [0.25, 0.3) is 0 Å². The molecule has 1 unspecified atom stereocenters. The molecule has 0 aromatic rings. The summed E-state index contributed by atoms with van der Waals surface area (Å²) in [5.41, 5.74) is 5.35. The zero-order chi connectivity index (χ0) is 39.0. The molecular weight excluding hydrogens is 697 g/mol. The molecule has 0 saturated heterocycles. The maximum absolute atomic E-state index is 12.5. The van der Waals surface area contributed by atoms with Crippen molar-refractivity contribution in [2.24, 2.45) is 17.6 Å². The van der Waals surface area contributed by atoms with Crippen molar-refractivity contribution in [2.45, 2.75) is 167 Å². The molecular formula is C41H74NO10P. The van der Waals surface area contributed by atoms with Crippen LogP contribution in [0.2, 0.25) is 0 Å². The van der Waals surface area contributed by atoms with Gasteiger partial charge in [0.25, 0.3) is 0 Å². The van der Waals surface area contributed by atoms with Crippen molar-refractivity contribution in [1.82, 2.24) is 0 Å². The number of phosphoric acid groups is 1. The van der Waals surface area contributed by atoms with E-state index in [0.29, 0.717) is 12.8 Å². The molecule has 0 aromatic carbocycles. The molecule has 0 spiro atoms. The van der Waals surface area contributed by atoms with Gasteiger partial charge >= 0.3 is 13.8 Å². The number of hydrogen-bond acceptors (Lipinski definition) is 10. The first-order valence-corrected chi connectivity index (χ1v) is 21.9. The summed E-state index contributed by atoms with van der Waals surface area (Å²) in [5, 5.41) is 31.3. The van der Waals surface area contributed by atoms with E-state index in [9.17, 15) is 29.6 Å². The van der Waals surface area contributed by atoms with Gasteiger partial charge in [-0.2, -0.15) is 0 Å². The Bertz CT molecular complexity index is 1070. The number of carbonyl (C=O) groups excluding carboxylic acids is 1. The summed E-state index contributed by atoms with van der Waals surface area (Å²) >= 11 is 0. The van der Waals surface area contributed by atoms with Gasteiger partial charge in [0.1, 0.15) is 6.61 Å². The largest absolute Gasteiger partial charge is 0.492 e. The van der Waals surface area contributed by atoms with Crippen LogP contribution in [0.15, 0.2) is 48.8 Å². The second-order valence-corrected chi connectivity index (χ2v) is 15.6. The maximum atomic E-state index is 12.5. The van der Waals surface area contributed by atoms with Crippen LogP contribution >= 0.6 is 7.82 Å². The number of esters is 1. The Kier molecular flexibility index (Phi) is 30.1. The van der Waals surface area contributed by atoms with Crippen molar-refractivity contribution >= 4 is 13.8 Å². The van der Waals surface area contributed by atoms with Crippen molar-refractivity contribution < 1.29 is 48.1 Å². The van der Waals surface area contributed by atoms with Crippen LogP contribution in [0, 0.1) is 11.8 Å². The summed E-state index contributed by atoms with van der Waals surface area (Å²) in [6, 6.07) is 0. The lowest BCUT2D eigenvalue weighted by molar-refractivity contribution is -0.146. The Morgan fingerprint density at radius 3 is 2.09 bits per heavy atom. The zero-order valence-corrected chi connectivity index (χ0v) is 33.7. The van der Waals surface area contributed by atoms with Crippen molar-refractivity contribution in [3.05, 3.63) is 48.8 Å². The first-order valence-electron chi connectivity index (χ1n) is 20.4. The molecule has 1 rings (SSSR count). The van der Waals surface area contributed by atoms with Gasteiger partial charge in [0.15, 0.2) is 6.10 Å². The molecule has 0 aliphatic heterocycles. The molecule has 11 nitrogen and oxygen atoms in total. The van der Waals surface area contributed by atoms with Gasteiger partial charge in [0.05, 0.1) is 44.2 Å². The fourth-order valence-corrected chi connectivity index (χ4v) is 7.01. The van der Waals surface area contributed by atoms with Crippen LogP contribution < -0.4 is 5.73 Å². The number of aliphatic hydroxyl groups is 3. The number of unbranched alkanes of at least 4 members (excludes halogenated alkanes) is 13. The Hall–Kier alpha value is -1.82. The van der Waals surface area contributed by atoms with Gasteiger partial charge in [-0.25, -0.2) is 4.57 Å². The summed E-state index contributed by atoms with van der Waals surface area (Å²) in [5.74, 6) is -1.06. The minimum atomic E-state index is -4.35. The number of carbonyl (C=O) groups is 1. The number of hydrogen-bond donors (Lipinski definition) is 5. The Morgan fingerprint density at radius 1 is 0.811 bits per heavy atom. The summed E-state index contributed by atoms with van der Waals surface area (Å²) in [6.45, 7) is 3.70. The molecule has 1 saturated carbocycles. The van der Waals surface area contributed by atoms with Crippen LogP contribution in [0.1, 0.15) is 142 Å². The first-order chi connectivity index (χ1) is 25.6. The smallest absolute Gasteiger partial charge is 0.472 e. The summed E-state index contributed by atoms with van der Waals surface area (Å²) < 4.78 is 33.1. The topological polar surface area (TPSA) is 178 Å². The van der Waals surface area contributed by atoms with Gasteiger partial charge < -0.3 is 35.4 Å². The average Bonchev–Trinajstić information content (AvgIpc) is 3.41. The van der Waals surface area contributed by atoms with Crippen LogP contribution in [0.5, 0.6) is 0 Å². The SMILES string of the molecule is CCCCCCCC/C=C\CCCCCC/C=C\O[C@H](COC(=O)C/C=C\C[C@H]1[C@@H](/C=C/[C@H](O)CCCCC)[C@H](O)C[C@@H]1O)COP(=O)(O)OCCN. The fraction of sp³-hybridized carbons (Fsp3) is 0.780. The van der Waals surface area contributed by atoms with Crippen LogP contribution in [0.3, 0.4) is 0 Å². The van der Waals surface area contributed by atoms with E-state index in [4.69, 9.17) is 24.3 Å². The maximum Gasteiger partial charge on any atom is 0.472 e. The molecule has 12 heteroatoms. The number of rotatable bonds is 34. The molecule has 0 aromatic heterocycles. The van der Waals surface area contributed by atoms with Gasteiger partial charge in [-0.05, 0) is 63.4 Å². The average molecular weight is 772 g/mol. The molecule has 0 radical (unpaired) electrons. The second-order valence-electron chi connectivity index (χ2n) is 14.2. The third-order valence-electron chi connectivity index (χ3n) is 9.41. The van der Waals surface area contributed by atoms with Crippen molar-refractivity contribution in [2.75, 3.05) is 26.4 Å². The zero-order valence-electron chi connectivity index (χ0n) is 32.8. The Morgan fingerprint density at radius 2 is 1.43 bits per heavy atom. The predicted molar refractivity (Wildman–Crippen MR) is 212 cm³/mol. The van der Waals surface area contributed by atoms with Crippen LogP contribution in [-0.4, -0.2) is 77.0 Å². The lowest BCUT2D eigenvalue weighted by atomic mass is 9.89. The highest BCUT2D eigenvalue weighted by Crippen LogP contribution is 2.43. The van der Waals surface area contributed by atoms with E-state index in [1.54, 1.807) is 18.2 Å². The molecule has 53 heavy (non-hydrogen) atoms. The highest BCUT2D eigenvalue weighted by Gasteiger charge is 2.39. The number of ether oxygens (including phenoxy) is 2. The van der Waals surface area contributed by atoms with Crippen molar-refractivity contribution in [3.8, 4) is 0 Å². The van der Waals surface area contributed by atoms with E-state index in [1.165, 1.54) is 57.6 Å². The minimum absolute atomic E-state index is 0.0293. The molecule has 7 atom stereocenters. The van der Waals surface area contributed by atoms with E-state index in [0.717, 1.165) is 51.4 Å². The predicted octanol–water partition coefficient (Wildman–Crippen LogP) is 8.36. The number of allylic oxidation sites excluding steroid dienone is 4. The highest BCUT2D eigenvalue weighted by molar-refractivity contribution is 7.47. The lowest BCUT2D eigenvalue weighted by Gasteiger charge is -2.20. The first kappa shape index (κ1) is 49.2. The van der Waals surface area contributed by atoms with E-state index in [1.807, 2.05) is 12.2 Å². The lowest BCUT2D eigenvalue weighted by Crippen LogP contribution is -2.25. The van der Waals surface area contributed by atoms with Crippen molar-refractivity contribution in [3.63, 3.8) is 0 Å². The normalized spacial score (nSPS) is 21.6. The molecule has 6 N–H and O–H groups in total. The molecule has 1 aliphatic rings. The minimum Gasteiger partial charge on any atom is -0.492 e. The third-order valence-corrected chi connectivity index (χ3v) is 10.4. The molecule has 1 aliphatic carbocycles. The monoisotopic (exact) mass is 772 g/mol.